The largest absolute Gasteiger partial charge is 0.338 e. The normalized spacial score (nSPS) is 12.2. The Bertz CT molecular complexity index is 952. The van der Waals surface area contributed by atoms with Gasteiger partial charge < -0.3 is 4.52 Å². The molecule has 26 heavy (non-hydrogen) atoms. The van der Waals surface area contributed by atoms with Gasteiger partial charge in [0, 0.05) is 10.4 Å². The Hall–Kier alpha value is -2.83. The van der Waals surface area contributed by atoms with Crippen molar-refractivity contribution in [3.05, 3.63) is 94.3 Å². The maximum atomic E-state index is 13.0. The smallest absolute Gasteiger partial charge is 0.240 e. The molecule has 0 saturated carbocycles. The third-order valence-electron chi connectivity index (χ3n) is 3.99. The molecular weight excluding hydrogens is 349 g/mol. The molecule has 4 nitrogen and oxygen atoms in total. The predicted molar refractivity (Wildman–Crippen MR) is 99.1 cm³/mol. The van der Waals surface area contributed by atoms with Crippen LogP contribution in [0.2, 0.25) is 0 Å². The minimum atomic E-state index is -0.291. The quantitative estimate of drug-likeness (QED) is 0.532. The van der Waals surface area contributed by atoms with Crippen molar-refractivity contribution < 1.29 is 8.91 Å². The zero-order valence-corrected chi connectivity index (χ0v) is 14.6. The number of nitrogens with one attached hydrogen (secondary N) is 1. The second-order valence-electron chi connectivity index (χ2n) is 5.76. The van der Waals surface area contributed by atoms with Crippen LogP contribution in [0.5, 0.6) is 0 Å². The minimum absolute atomic E-state index is 0.0531. The molecular formula is C20H16FN3OS. The molecule has 0 radical (unpaired) electrons. The fourth-order valence-electron chi connectivity index (χ4n) is 2.72. The third-order valence-corrected chi connectivity index (χ3v) is 4.93. The lowest BCUT2D eigenvalue weighted by Gasteiger charge is -2.16. The number of rotatable bonds is 6. The average Bonchev–Trinajstić information content (AvgIpc) is 3.36. The molecule has 0 bridgehead atoms. The van der Waals surface area contributed by atoms with E-state index >= 15 is 0 Å². The van der Waals surface area contributed by atoms with E-state index in [1.165, 1.54) is 22.6 Å². The summed E-state index contributed by atoms with van der Waals surface area (Å²) in [7, 11) is 0. The molecule has 2 heterocycles. The van der Waals surface area contributed by atoms with Crippen LogP contribution in [-0.4, -0.2) is 10.1 Å². The lowest BCUT2D eigenvalue weighted by Crippen LogP contribution is -2.21. The molecule has 2 aromatic carbocycles. The highest BCUT2D eigenvalue weighted by atomic mass is 32.1. The number of aromatic nitrogens is 2. The molecule has 1 unspecified atom stereocenters. The van der Waals surface area contributed by atoms with Gasteiger partial charge in [0.2, 0.25) is 11.7 Å². The van der Waals surface area contributed by atoms with Crippen LogP contribution >= 0.6 is 11.3 Å². The molecule has 0 aliphatic heterocycles. The molecule has 1 atom stereocenters. The number of thiophene rings is 1. The minimum Gasteiger partial charge on any atom is -0.338 e. The first-order valence-corrected chi connectivity index (χ1v) is 9.08. The third kappa shape index (κ3) is 3.71. The van der Waals surface area contributed by atoms with Crippen LogP contribution in [0.15, 0.2) is 76.6 Å². The predicted octanol–water partition coefficient (Wildman–Crippen LogP) is 4.82. The second kappa shape index (κ2) is 7.59. The molecule has 0 fully saturated rings. The molecule has 0 saturated heterocycles. The van der Waals surface area contributed by atoms with E-state index in [9.17, 15) is 4.39 Å². The van der Waals surface area contributed by atoms with E-state index < -0.39 is 0 Å². The van der Waals surface area contributed by atoms with E-state index in [1.807, 2.05) is 24.3 Å². The highest BCUT2D eigenvalue weighted by molar-refractivity contribution is 7.10. The summed E-state index contributed by atoms with van der Waals surface area (Å²) >= 11 is 1.70. The Kier molecular flexibility index (Phi) is 4.86. The molecule has 0 amide bonds. The number of nitrogens with zero attached hydrogens (tertiary/aromatic N) is 2. The van der Waals surface area contributed by atoms with Crippen molar-refractivity contribution in [1.82, 2.24) is 15.5 Å². The van der Waals surface area contributed by atoms with Crippen LogP contribution in [0.25, 0.3) is 11.4 Å². The molecule has 4 aromatic rings. The standard InChI is InChI=1S/C20H16FN3OS/c21-16-10-8-15(9-11-16)20-23-18(25-24-20)13-22-19(17-7-4-12-26-17)14-5-2-1-3-6-14/h1-12,19,22H,13H2. The second-order valence-corrected chi connectivity index (χ2v) is 6.74. The molecule has 6 heteroatoms. The van der Waals surface area contributed by atoms with Gasteiger partial charge in [0.25, 0.3) is 0 Å². The van der Waals surface area contributed by atoms with Gasteiger partial charge in [0.15, 0.2) is 0 Å². The maximum Gasteiger partial charge on any atom is 0.240 e. The van der Waals surface area contributed by atoms with Gasteiger partial charge in [-0.2, -0.15) is 4.98 Å². The van der Waals surface area contributed by atoms with Crippen molar-refractivity contribution in [1.29, 1.82) is 0 Å². The highest BCUT2D eigenvalue weighted by Gasteiger charge is 2.16. The Morgan fingerprint density at radius 1 is 1.00 bits per heavy atom. The Balaban J connectivity index is 1.51. The topological polar surface area (TPSA) is 51.0 Å². The van der Waals surface area contributed by atoms with E-state index in [0.29, 0.717) is 18.3 Å². The van der Waals surface area contributed by atoms with Crippen LogP contribution < -0.4 is 5.32 Å². The number of hydrogen-bond acceptors (Lipinski definition) is 5. The maximum absolute atomic E-state index is 13.0. The lowest BCUT2D eigenvalue weighted by atomic mass is 10.1. The summed E-state index contributed by atoms with van der Waals surface area (Å²) in [6.45, 7) is 0.436. The fourth-order valence-corrected chi connectivity index (χ4v) is 3.54. The molecule has 0 aliphatic carbocycles. The van der Waals surface area contributed by atoms with Crippen molar-refractivity contribution in [2.24, 2.45) is 0 Å². The zero-order valence-electron chi connectivity index (χ0n) is 13.8. The monoisotopic (exact) mass is 365 g/mol. The Labute approximate surface area is 154 Å². The summed E-state index contributed by atoms with van der Waals surface area (Å²) in [5.41, 5.74) is 1.90. The summed E-state index contributed by atoms with van der Waals surface area (Å²) < 4.78 is 18.4. The van der Waals surface area contributed by atoms with Crippen molar-refractivity contribution >= 4 is 11.3 Å². The number of halogens is 1. The molecule has 0 spiro atoms. The average molecular weight is 365 g/mol. The molecule has 4 rings (SSSR count). The van der Waals surface area contributed by atoms with E-state index in [4.69, 9.17) is 4.52 Å². The zero-order chi connectivity index (χ0) is 17.8. The number of hydrogen-bond donors (Lipinski definition) is 1. The van der Waals surface area contributed by atoms with Gasteiger partial charge in [-0.1, -0.05) is 41.6 Å². The molecule has 0 aliphatic rings. The lowest BCUT2D eigenvalue weighted by molar-refractivity contribution is 0.363. The van der Waals surface area contributed by atoms with E-state index in [1.54, 1.807) is 23.5 Å². The van der Waals surface area contributed by atoms with Gasteiger partial charge in [-0.25, -0.2) is 4.39 Å². The summed E-state index contributed by atoms with van der Waals surface area (Å²) in [6, 6.07) is 20.5. The van der Waals surface area contributed by atoms with Gasteiger partial charge >= 0.3 is 0 Å². The van der Waals surface area contributed by atoms with Crippen molar-refractivity contribution in [3.8, 4) is 11.4 Å². The van der Waals surface area contributed by atoms with Crippen LogP contribution in [0.4, 0.5) is 4.39 Å². The fraction of sp³-hybridized carbons (Fsp3) is 0.100. The van der Waals surface area contributed by atoms with Crippen LogP contribution in [-0.2, 0) is 6.54 Å². The summed E-state index contributed by atoms with van der Waals surface area (Å²) in [4.78, 5) is 5.61. The van der Waals surface area contributed by atoms with Crippen LogP contribution in [0.3, 0.4) is 0 Å². The summed E-state index contributed by atoms with van der Waals surface area (Å²) in [6.07, 6.45) is 0. The van der Waals surface area contributed by atoms with Crippen LogP contribution in [0.1, 0.15) is 22.4 Å². The molecule has 1 N–H and O–H groups in total. The molecule has 130 valence electrons. The van der Waals surface area contributed by atoms with E-state index in [0.717, 1.165) is 5.56 Å². The first-order chi connectivity index (χ1) is 12.8. The van der Waals surface area contributed by atoms with E-state index in [-0.39, 0.29) is 11.9 Å². The van der Waals surface area contributed by atoms with Crippen molar-refractivity contribution in [3.63, 3.8) is 0 Å². The SMILES string of the molecule is Fc1ccc(-c2noc(CNC(c3ccccc3)c3cccs3)n2)cc1. The Morgan fingerprint density at radius 3 is 2.54 bits per heavy atom. The van der Waals surface area contributed by atoms with Gasteiger partial charge in [0.05, 0.1) is 12.6 Å². The first-order valence-electron chi connectivity index (χ1n) is 8.20. The summed E-state index contributed by atoms with van der Waals surface area (Å²) in [5, 5.41) is 9.53. The summed E-state index contributed by atoms with van der Waals surface area (Å²) in [5.74, 6) is 0.650. The van der Waals surface area contributed by atoms with Crippen LogP contribution in [0, 0.1) is 5.82 Å². The van der Waals surface area contributed by atoms with E-state index in [2.05, 4.69) is 39.0 Å². The van der Waals surface area contributed by atoms with Crippen molar-refractivity contribution in [2.45, 2.75) is 12.6 Å². The first kappa shape index (κ1) is 16.6. The number of benzene rings is 2. The van der Waals surface area contributed by atoms with Gasteiger partial charge in [-0.15, -0.1) is 11.3 Å². The van der Waals surface area contributed by atoms with Crippen molar-refractivity contribution in [2.75, 3.05) is 0 Å². The Morgan fingerprint density at radius 2 is 1.81 bits per heavy atom. The van der Waals surface area contributed by atoms with Gasteiger partial charge in [0.1, 0.15) is 5.82 Å². The highest BCUT2D eigenvalue weighted by Crippen LogP contribution is 2.26. The molecule has 2 aromatic heterocycles. The van der Waals surface area contributed by atoms with Gasteiger partial charge in [-0.3, -0.25) is 5.32 Å². The van der Waals surface area contributed by atoms with Gasteiger partial charge in [-0.05, 0) is 41.3 Å².